The zero-order valence-electron chi connectivity index (χ0n) is 13.9. The van der Waals surface area contributed by atoms with Gasteiger partial charge in [-0.25, -0.2) is 4.39 Å². The van der Waals surface area contributed by atoms with Crippen molar-refractivity contribution in [3.05, 3.63) is 53.8 Å². The molecule has 2 aromatic rings. The summed E-state index contributed by atoms with van der Waals surface area (Å²) in [6.45, 7) is 0.441. The highest BCUT2D eigenvalue weighted by Crippen LogP contribution is 2.20. The largest absolute Gasteiger partial charge is 0.494 e. The third-order valence-electron chi connectivity index (χ3n) is 3.40. The van der Waals surface area contributed by atoms with Crippen LogP contribution >= 0.6 is 0 Å². The van der Waals surface area contributed by atoms with Gasteiger partial charge in [0.25, 0.3) is 0 Å². The van der Waals surface area contributed by atoms with E-state index in [1.807, 2.05) is 0 Å². The molecule has 1 N–H and O–H groups in total. The fourth-order valence-electron chi connectivity index (χ4n) is 2.22. The molecule has 0 unspecified atom stereocenters. The summed E-state index contributed by atoms with van der Waals surface area (Å²) in [5.41, 5.74) is 1.15. The second kappa shape index (κ2) is 9.28. The summed E-state index contributed by atoms with van der Waals surface area (Å²) in [5, 5.41) is 11.2. The molecule has 0 aliphatic heterocycles. The lowest BCUT2D eigenvalue weighted by molar-refractivity contribution is -0.115. The predicted octanol–water partition coefficient (Wildman–Crippen LogP) is 3.70. The minimum atomic E-state index is -0.499. The first kappa shape index (κ1) is 18.3. The molecule has 130 valence electrons. The van der Waals surface area contributed by atoms with Crippen molar-refractivity contribution in [3.63, 3.8) is 0 Å². The number of ether oxygens (including phenoxy) is 2. The van der Waals surface area contributed by atoms with Crippen molar-refractivity contribution in [2.24, 2.45) is 0 Å². The van der Waals surface area contributed by atoms with Crippen LogP contribution in [0.15, 0.2) is 42.5 Å². The Morgan fingerprint density at radius 1 is 1.28 bits per heavy atom. The van der Waals surface area contributed by atoms with Crippen LogP contribution in [0.1, 0.15) is 18.4 Å². The van der Waals surface area contributed by atoms with E-state index in [2.05, 4.69) is 11.4 Å². The molecule has 0 radical (unpaired) electrons. The standard InChI is InChI=1S/C19H19FN2O3/c1-24-18-8-7-14(11-17(18)20)12-19(23)22-15-5-4-6-16(13-15)25-10-3-2-9-21/h4-8,11,13H,2-3,10,12H2,1H3,(H,22,23). The maximum atomic E-state index is 13.7. The SMILES string of the molecule is COc1ccc(CC(=O)Nc2cccc(OCCCC#N)c2)cc1F. The van der Waals surface area contributed by atoms with E-state index in [-0.39, 0.29) is 18.1 Å². The third-order valence-corrected chi connectivity index (χ3v) is 3.40. The molecule has 0 saturated carbocycles. The molecule has 0 atom stereocenters. The number of methoxy groups -OCH3 is 1. The number of unbranched alkanes of at least 4 members (excludes halogenated alkanes) is 1. The van der Waals surface area contributed by atoms with Crippen LogP contribution in [0.4, 0.5) is 10.1 Å². The molecular formula is C19H19FN2O3. The summed E-state index contributed by atoms with van der Waals surface area (Å²) in [6.07, 6.45) is 1.14. The second-order valence-electron chi connectivity index (χ2n) is 5.33. The van der Waals surface area contributed by atoms with Crippen LogP contribution in [-0.2, 0) is 11.2 Å². The van der Waals surface area contributed by atoms with Crippen molar-refractivity contribution in [1.82, 2.24) is 0 Å². The van der Waals surface area contributed by atoms with Crippen LogP contribution in [0.2, 0.25) is 0 Å². The second-order valence-corrected chi connectivity index (χ2v) is 5.33. The lowest BCUT2D eigenvalue weighted by atomic mass is 10.1. The van der Waals surface area contributed by atoms with Gasteiger partial charge in [-0.1, -0.05) is 12.1 Å². The first-order chi connectivity index (χ1) is 12.1. The van der Waals surface area contributed by atoms with Gasteiger partial charge in [-0.15, -0.1) is 0 Å². The summed E-state index contributed by atoms with van der Waals surface area (Å²) < 4.78 is 24.0. The van der Waals surface area contributed by atoms with Crippen LogP contribution in [0.5, 0.6) is 11.5 Å². The van der Waals surface area contributed by atoms with Crippen LogP contribution in [0.3, 0.4) is 0 Å². The van der Waals surface area contributed by atoms with E-state index in [1.165, 1.54) is 19.2 Å². The summed E-state index contributed by atoms with van der Waals surface area (Å²) in [7, 11) is 1.39. The van der Waals surface area contributed by atoms with Gasteiger partial charge >= 0.3 is 0 Å². The summed E-state index contributed by atoms with van der Waals surface area (Å²) in [4.78, 5) is 12.1. The zero-order chi connectivity index (χ0) is 18.1. The summed E-state index contributed by atoms with van der Waals surface area (Å²) in [5.74, 6) is 0.00315. The Kier molecular flexibility index (Phi) is 6.78. The van der Waals surface area contributed by atoms with Crippen molar-refractivity contribution >= 4 is 11.6 Å². The van der Waals surface area contributed by atoms with E-state index < -0.39 is 5.82 Å². The fourth-order valence-corrected chi connectivity index (χ4v) is 2.22. The molecule has 0 heterocycles. The van der Waals surface area contributed by atoms with Crippen LogP contribution in [-0.4, -0.2) is 19.6 Å². The zero-order valence-corrected chi connectivity index (χ0v) is 13.9. The first-order valence-corrected chi connectivity index (χ1v) is 7.84. The lowest BCUT2D eigenvalue weighted by Crippen LogP contribution is -2.14. The van der Waals surface area contributed by atoms with Gasteiger partial charge in [0.2, 0.25) is 5.91 Å². The third kappa shape index (κ3) is 5.81. The van der Waals surface area contributed by atoms with Gasteiger partial charge in [0.15, 0.2) is 11.6 Å². The Morgan fingerprint density at radius 2 is 2.12 bits per heavy atom. The van der Waals surface area contributed by atoms with Crippen molar-refractivity contribution in [2.75, 3.05) is 19.0 Å². The monoisotopic (exact) mass is 342 g/mol. The summed E-state index contributed by atoms with van der Waals surface area (Å²) >= 11 is 0. The molecule has 0 bridgehead atoms. The van der Waals surface area contributed by atoms with Crippen LogP contribution in [0.25, 0.3) is 0 Å². The van der Waals surface area contributed by atoms with Crippen molar-refractivity contribution in [2.45, 2.75) is 19.3 Å². The number of hydrogen-bond donors (Lipinski definition) is 1. The quantitative estimate of drug-likeness (QED) is 0.743. The minimum absolute atomic E-state index is 0.0498. The maximum absolute atomic E-state index is 13.7. The number of rotatable bonds is 8. The first-order valence-electron chi connectivity index (χ1n) is 7.84. The van der Waals surface area contributed by atoms with Gasteiger partial charge in [0, 0.05) is 18.2 Å². The highest BCUT2D eigenvalue weighted by Gasteiger charge is 2.08. The van der Waals surface area contributed by atoms with Crippen LogP contribution < -0.4 is 14.8 Å². The molecule has 5 nitrogen and oxygen atoms in total. The van der Waals surface area contributed by atoms with E-state index in [0.717, 1.165) is 0 Å². The lowest BCUT2D eigenvalue weighted by Gasteiger charge is -2.09. The molecule has 6 heteroatoms. The maximum Gasteiger partial charge on any atom is 0.228 e. The van der Waals surface area contributed by atoms with E-state index in [1.54, 1.807) is 30.3 Å². The minimum Gasteiger partial charge on any atom is -0.494 e. The number of amides is 1. The Labute approximate surface area is 146 Å². The van der Waals surface area contributed by atoms with E-state index in [9.17, 15) is 9.18 Å². The normalized spacial score (nSPS) is 9.96. The van der Waals surface area contributed by atoms with Gasteiger partial charge in [0.1, 0.15) is 5.75 Å². The number of carbonyl (C=O) groups excluding carboxylic acids is 1. The molecule has 2 aromatic carbocycles. The molecule has 0 saturated heterocycles. The Morgan fingerprint density at radius 3 is 2.84 bits per heavy atom. The van der Waals surface area contributed by atoms with Crippen molar-refractivity contribution < 1.29 is 18.7 Å². The highest BCUT2D eigenvalue weighted by atomic mass is 19.1. The Bertz CT molecular complexity index is 772. The number of halogens is 1. The van der Waals surface area contributed by atoms with Gasteiger partial charge in [-0.3, -0.25) is 4.79 Å². The molecule has 1 amide bonds. The van der Waals surface area contributed by atoms with Gasteiger partial charge < -0.3 is 14.8 Å². The van der Waals surface area contributed by atoms with Crippen molar-refractivity contribution in [3.8, 4) is 17.6 Å². The highest BCUT2D eigenvalue weighted by molar-refractivity contribution is 5.92. The predicted molar refractivity (Wildman–Crippen MR) is 92.1 cm³/mol. The fraction of sp³-hybridized carbons (Fsp3) is 0.263. The Hall–Kier alpha value is -3.07. The Balaban J connectivity index is 1.92. The average Bonchev–Trinajstić information content (AvgIpc) is 2.59. The topological polar surface area (TPSA) is 71.3 Å². The summed E-state index contributed by atoms with van der Waals surface area (Å²) in [6, 6.07) is 13.5. The number of benzene rings is 2. The number of carbonyl (C=O) groups is 1. The molecule has 2 rings (SSSR count). The van der Waals surface area contributed by atoms with E-state index in [4.69, 9.17) is 14.7 Å². The molecule has 25 heavy (non-hydrogen) atoms. The molecule has 0 aliphatic rings. The number of nitrogens with zero attached hydrogens (tertiary/aromatic N) is 1. The molecule has 0 fully saturated rings. The van der Waals surface area contributed by atoms with Gasteiger partial charge in [0.05, 0.1) is 26.2 Å². The van der Waals surface area contributed by atoms with E-state index >= 15 is 0 Å². The number of nitriles is 1. The number of anilines is 1. The van der Waals surface area contributed by atoms with Crippen LogP contribution in [0, 0.1) is 17.1 Å². The molecule has 0 aliphatic carbocycles. The molecular weight excluding hydrogens is 323 g/mol. The van der Waals surface area contributed by atoms with Crippen molar-refractivity contribution in [1.29, 1.82) is 5.26 Å². The molecule has 0 spiro atoms. The smallest absolute Gasteiger partial charge is 0.228 e. The van der Waals surface area contributed by atoms with Gasteiger partial charge in [-0.05, 0) is 36.2 Å². The average molecular weight is 342 g/mol. The molecule has 0 aromatic heterocycles. The number of nitrogens with one attached hydrogen (secondary N) is 1. The number of hydrogen-bond acceptors (Lipinski definition) is 4. The van der Waals surface area contributed by atoms with Gasteiger partial charge in [-0.2, -0.15) is 5.26 Å². The van der Waals surface area contributed by atoms with E-state index in [0.29, 0.717) is 36.4 Å².